The van der Waals surface area contributed by atoms with Crippen LogP contribution >= 0.6 is 0 Å². The highest BCUT2D eigenvalue weighted by Gasteiger charge is 2.27. The van der Waals surface area contributed by atoms with Gasteiger partial charge in [-0.2, -0.15) is 0 Å². The molecule has 1 aliphatic rings. The lowest BCUT2D eigenvalue weighted by molar-refractivity contribution is 0.0890. The van der Waals surface area contributed by atoms with Gasteiger partial charge in [-0.1, -0.05) is 6.07 Å². The van der Waals surface area contributed by atoms with E-state index in [9.17, 15) is 5.11 Å². The minimum atomic E-state index is -0.500. The quantitative estimate of drug-likeness (QED) is 0.886. The first-order valence-electron chi connectivity index (χ1n) is 7.15. The fraction of sp³-hybridized carbons (Fsp3) is 0.400. The number of aliphatic hydroxyl groups is 1. The number of hydrogen-bond donors (Lipinski definition) is 2. The van der Waals surface area contributed by atoms with Crippen LogP contribution in [0.5, 0.6) is 0 Å². The van der Waals surface area contributed by atoms with Crippen LogP contribution in [-0.4, -0.2) is 33.1 Å². The number of hydrogen-bond acceptors (Lipinski definition) is 6. The van der Waals surface area contributed by atoms with Crippen LogP contribution in [0.1, 0.15) is 24.6 Å². The molecule has 2 aromatic rings. The van der Waals surface area contributed by atoms with E-state index < -0.39 is 6.10 Å². The topological polar surface area (TPSA) is 88.2 Å². The summed E-state index contributed by atoms with van der Waals surface area (Å²) in [5.74, 6) is 1.47. The van der Waals surface area contributed by atoms with Gasteiger partial charge in [0.15, 0.2) is 0 Å². The Morgan fingerprint density at radius 1 is 1.24 bits per heavy atom. The van der Waals surface area contributed by atoms with Crippen molar-refractivity contribution in [3.63, 3.8) is 0 Å². The molecule has 2 aromatic heterocycles. The second kappa shape index (κ2) is 6.05. The Kier molecular flexibility index (Phi) is 3.96. The third kappa shape index (κ3) is 3.11. The molecule has 0 amide bonds. The molecular weight excluding hydrogens is 266 g/mol. The number of aromatic nitrogens is 3. The van der Waals surface area contributed by atoms with Gasteiger partial charge in [-0.25, -0.2) is 4.98 Å². The van der Waals surface area contributed by atoms with Crippen LogP contribution in [0.2, 0.25) is 0 Å². The Balaban J connectivity index is 1.63. The van der Waals surface area contributed by atoms with Crippen molar-refractivity contribution in [1.82, 2.24) is 15.0 Å². The van der Waals surface area contributed by atoms with Gasteiger partial charge in [0, 0.05) is 19.3 Å². The lowest BCUT2D eigenvalue weighted by Gasteiger charge is -2.34. The van der Waals surface area contributed by atoms with Gasteiger partial charge in [0.05, 0.1) is 24.2 Å². The fourth-order valence-electron chi connectivity index (χ4n) is 2.76. The van der Waals surface area contributed by atoms with Gasteiger partial charge in [0.25, 0.3) is 0 Å². The van der Waals surface area contributed by atoms with Crippen LogP contribution in [0.25, 0.3) is 0 Å². The zero-order valence-corrected chi connectivity index (χ0v) is 11.8. The maximum atomic E-state index is 10.4. The number of pyridine rings is 1. The molecule has 21 heavy (non-hydrogen) atoms. The highest BCUT2D eigenvalue weighted by molar-refractivity contribution is 5.41. The number of nitrogens with two attached hydrogens (primary N) is 1. The van der Waals surface area contributed by atoms with Gasteiger partial charge < -0.3 is 15.7 Å². The van der Waals surface area contributed by atoms with E-state index in [2.05, 4.69) is 19.9 Å². The Morgan fingerprint density at radius 3 is 2.71 bits per heavy atom. The zero-order valence-electron chi connectivity index (χ0n) is 11.8. The normalized spacial score (nSPS) is 17.7. The third-order valence-electron chi connectivity index (χ3n) is 3.94. The number of nitrogens with zero attached hydrogens (tertiary/aromatic N) is 4. The minimum Gasteiger partial charge on any atom is -0.387 e. The number of piperidine rings is 1. The summed E-state index contributed by atoms with van der Waals surface area (Å²) in [6, 6.07) is 5.64. The first kappa shape index (κ1) is 13.8. The highest BCUT2D eigenvalue weighted by atomic mass is 16.3. The molecule has 0 bridgehead atoms. The molecule has 1 saturated heterocycles. The standard InChI is InChI=1S/C15H19N5O/c16-13-9-17-10-14(19-13)20-7-4-11(5-8-20)15(21)12-3-1-2-6-18-12/h1-3,6,9-11,15,21H,4-5,7-8H2,(H2,16,19). The Labute approximate surface area is 123 Å². The lowest BCUT2D eigenvalue weighted by atomic mass is 9.89. The van der Waals surface area contributed by atoms with E-state index in [1.807, 2.05) is 18.2 Å². The molecule has 6 nitrogen and oxygen atoms in total. The Morgan fingerprint density at radius 2 is 2.05 bits per heavy atom. The van der Waals surface area contributed by atoms with Crippen LogP contribution in [-0.2, 0) is 0 Å². The van der Waals surface area contributed by atoms with Gasteiger partial charge in [0.2, 0.25) is 0 Å². The van der Waals surface area contributed by atoms with E-state index in [1.165, 1.54) is 0 Å². The van der Waals surface area contributed by atoms with Crippen LogP contribution < -0.4 is 10.6 Å². The molecule has 1 atom stereocenters. The molecule has 3 rings (SSSR count). The zero-order chi connectivity index (χ0) is 14.7. The number of aliphatic hydroxyl groups excluding tert-OH is 1. The number of rotatable bonds is 3. The highest BCUT2D eigenvalue weighted by Crippen LogP contribution is 2.30. The fourth-order valence-corrected chi connectivity index (χ4v) is 2.76. The first-order chi connectivity index (χ1) is 10.2. The predicted molar refractivity (Wildman–Crippen MR) is 80.6 cm³/mol. The van der Waals surface area contributed by atoms with E-state index in [0.717, 1.165) is 37.4 Å². The summed E-state index contributed by atoms with van der Waals surface area (Å²) in [5.41, 5.74) is 6.42. The predicted octanol–water partition coefficient (Wildman–Crippen LogP) is 1.40. The third-order valence-corrected chi connectivity index (χ3v) is 3.94. The maximum Gasteiger partial charge on any atom is 0.149 e. The second-order valence-corrected chi connectivity index (χ2v) is 5.33. The van der Waals surface area contributed by atoms with E-state index in [1.54, 1.807) is 18.6 Å². The van der Waals surface area contributed by atoms with Crippen molar-refractivity contribution < 1.29 is 5.11 Å². The van der Waals surface area contributed by atoms with Gasteiger partial charge in [-0.15, -0.1) is 0 Å². The summed E-state index contributed by atoms with van der Waals surface area (Å²) in [5, 5.41) is 10.4. The summed E-state index contributed by atoms with van der Waals surface area (Å²) < 4.78 is 0. The molecule has 1 fully saturated rings. The van der Waals surface area contributed by atoms with Crippen LogP contribution in [0, 0.1) is 5.92 Å². The molecule has 0 aliphatic carbocycles. The monoisotopic (exact) mass is 285 g/mol. The number of nitrogen functional groups attached to an aromatic ring is 1. The maximum absolute atomic E-state index is 10.4. The Hall–Kier alpha value is -2.21. The van der Waals surface area contributed by atoms with E-state index in [4.69, 9.17) is 5.73 Å². The number of anilines is 2. The summed E-state index contributed by atoms with van der Waals surface area (Å²) in [4.78, 5) is 14.8. The molecule has 0 saturated carbocycles. The van der Waals surface area contributed by atoms with Crippen molar-refractivity contribution in [3.8, 4) is 0 Å². The Bertz CT molecular complexity index is 584. The van der Waals surface area contributed by atoms with Crippen LogP contribution in [0.15, 0.2) is 36.8 Å². The van der Waals surface area contributed by atoms with Gasteiger partial charge in [-0.3, -0.25) is 9.97 Å². The lowest BCUT2D eigenvalue weighted by Crippen LogP contribution is -2.36. The van der Waals surface area contributed by atoms with Crippen molar-refractivity contribution in [2.75, 3.05) is 23.7 Å². The van der Waals surface area contributed by atoms with Gasteiger partial charge in [0.1, 0.15) is 11.6 Å². The smallest absolute Gasteiger partial charge is 0.149 e. The van der Waals surface area contributed by atoms with Crippen LogP contribution in [0.3, 0.4) is 0 Å². The van der Waals surface area contributed by atoms with Gasteiger partial charge in [-0.05, 0) is 30.9 Å². The minimum absolute atomic E-state index is 0.227. The summed E-state index contributed by atoms with van der Waals surface area (Å²) in [6.07, 6.45) is 6.28. The van der Waals surface area contributed by atoms with Crippen LogP contribution in [0.4, 0.5) is 11.6 Å². The first-order valence-corrected chi connectivity index (χ1v) is 7.15. The van der Waals surface area contributed by atoms with Crippen molar-refractivity contribution >= 4 is 11.6 Å². The molecule has 3 heterocycles. The molecule has 0 spiro atoms. The van der Waals surface area contributed by atoms with Gasteiger partial charge >= 0.3 is 0 Å². The average Bonchev–Trinajstić information content (AvgIpc) is 2.55. The molecule has 110 valence electrons. The SMILES string of the molecule is Nc1cncc(N2CCC(C(O)c3ccccn3)CC2)n1. The van der Waals surface area contributed by atoms with Crippen molar-refractivity contribution in [2.45, 2.75) is 18.9 Å². The van der Waals surface area contributed by atoms with E-state index in [0.29, 0.717) is 5.82 Å². The molecule has 1 unspecified atom stereocenters. The summed E-state index contributed by atoms with van der Waals surface area (Å²) in [7, 11) is 0. The molecule has 1 aliphatic heterocycles. The van der Waals surface area contributed by atoms with Crippen molar-refractivity contribution in [2.24, 2.45) is 5.92 Å². The molecule has 3 N–H and O–H groups in total. The summed E-state index contributed by atoms with van der Waals surface area (Å²) in [6.45, 7) is 1.68. The molecular formula is C15H19N5O. The van der Waals surface area contributed by atoms with E-state index in [-0.39, 0.29) is 5.92 Å². The largest absolute Gasteiger partial charge is 0.387 e. The van der Waals surface area contributed by atoms with E-state index >= 15 is 0 Å². The van der Waals surface area contributed by atoms with Crippen molar-refractivity contribution in [1.29, 1.82) is 0 Å². The molecule has 0 aromatic carbocycles. The molecule has 0 radical (unpaired) electrons. The van der Waals surface area contributed by atoms with Crippen molar-refractivity contribution in [3.05, 3.63) is 42.5 Å². The second-order valence-electron chi connectivity index (χ2n) is 5.33. The average molecular weight is 285 g/mol. The summed E-state index contributed by atoms with van der Waals surface area (Å²) >= 11 is 0. The molecule has 6 heteroatoms.